The average Bonchev–Trinajstić information content (AvgIpc) is 2.56. The van der Waals surface area contributed by atoms with Gasteiger partial charge in [-0.15, -0.1) is 0 Å². The third kappa shape index (κ3) is 4.16. The zero-order valence-electron chi connectivity index (χ0n) is 14.7. The van der Waals surface area contributed by atoms with E-state index in [0.717, 1.165) is 42.0 Å². The minimum absolute atomic E-state index is 0.646. The van der Waals surface area contributed by atoms with E-state index < -0.39 is 0 Å². The molecule has 128 valence electrons. The lowest BCUT2D eigenvalue weighted by Gasteiger charge is -2.32. The van der Waals surface area contributed by atoms with Crippen molar-refractivity contribution in [2.75, 3.05) is 29.9 Å². The van der Waals surface area contributed by atoms with Gasteiger partial charge in [-0.25, -0.2) is 4.98 Å². The SMILES string of the molecule is CCOc1ccc(Nc2nc(C)cc(N3CCCC(C)C3)n2)cc1. The van der Waals surface area contributed by atoms with Gasteiger partial charge in [0.2, 0.25) is 5.95 Å². The number of nitrogens with one attached hydrogen (secondary N) is 1. The first-order valence-electron chi connectivity index (χ1n) is 8.74. The summed E-state index contributed by atoms with van der Waals surface area (Å²) in [5.74, 6) is 3.25. The Kier molecular flexibility index (Phi) is 5.18. The van der Waals surface area contributed by atoms with Crippen LogP contribution in [-0.2, 0) is 0 Å². The lowest BCUT2D eigenvalue weighted by atomic mass is 10.0. The van der Waals surface area contributed by atoms with E-state index in [0.29, 0.717) is 12.6 Å². The summed E-state index contributed by atoms with van der Waals surface area (Å²) >= 11 is 0. The van der Waals surface area contributed by atoms with Gasteiger partial charge >= 0.3 is 0 Å². The Morgan fingerprint density at radius 3 is 2.75 bits per heavy atom. The summed E-state index contributed by atoms with van der Waals surface area (Å²) in [5.41, 5.74) is 1.94. The predicted molar refractivity (Wildman–Crippen MR) is 98.3 cm³/mol. The molecule has 1 aliphatic heterocycles. The Morgan fingerprint density at radius 2 is 2.04 bits per heavy atom. The van der Waals surface area contributed by atoms with Crippen LogP contribution in [0, 0.1) is 12.8 Å². The van der Waals surface area contributed by atoms with Crippen molar-refractivity contribution in [2.24, 2.45) is 5.92 Å². The van der Waals surface area contributed by atoms with E-state index in [9.17, 15) is 0 Å². The molecule has 1 unspecified atom stereocenters. The quantitative estimate of drug-likeness (QED) is 0.894. The smallest absolute Gasteiger partial charge is 0.229 e. The Bertz CT molecular complexity index is 672. The van der Waals surface area contributed by atoms with Crippen LogP contribution >= 0.6 is 0 Å². The molecule has 1 aliphatic rings. The molecule has 1 atom stereocenters. The first-order valence-corrected chi connectivity index (χ1v) is 8.74. The van der Waals surface area contributed by atoms with Gasteiger partial charge in [-0.05, 0) is 56.9 Å². The maximum Gasteiger partial charge on any atom is 0.229 e. The summed E-state index contributed by atoms with van der Waals surface area (Å²) in [7, 11) is 0. The molecule has 5 heteroatoms. The molecular weight excluding hydrogens is 300 g/mol. The van der Waals surface area contributed by atoms with Gasteiger partial charge in [0, 0.05) is 30.5 Å². The Morgan fingerprint density at radius 1 is 1.25 bits per heavy atom. The topological polar surface area (TPSA) is 50.3 Å². The highest BCUT2D eigenvalue weighted by molar-refractivity contribution is 5.56. The van der Waals surface area contributed by atoms with Gasteiger partial charge in [0.15, 0.2) is 0 Å². The lowest BCUT2D eigenvalue weighted by Crippen LogP contribution is -2.35. The predicted octanol–water partition coefficient (Wildman–Crippen LogP) is 4.16. The van der Waals surface area contributed by atoms with Crippen LogP contribution in [0.25, 0.3) is 0 Å². The van der Waals surface area contributed by atoms with Crippen LogP contribution in [-0.4, -0.2) is 29.7 Å². The molecule has 0 spiro atoms. The zero-order valence-corrected chi connectivity index (χ0v) is 14.7. The molecule has 2 aromatic rings. The molecule has 1 N–H and O–H groups in total. The monoisotopic (exact) mass is 326 g/mol. The van der Waals surface area contributed by atoms with E-state index in [1.54, 1.807) is 0 Å². The zero-order chi connectivity index (χ0) is 16.9. The van der Waals surface area contributed by atoms with Crippen molar-refractivity contribution in [3.8, 4) is 5.75 Å². The van der Waals surface area contributed by atoms with Gasteiger partial charge in [0.05, 0.1) is 6.61 Å². The lowest BCUT2D eigenvalue weighted by molar-refractivity contribution is 0.340. The number of hydrogen-bond donors (Lipinski definition) is 1. The van der Waals surface area contributed by atoms with Crippen LogP contribution in [0.3, 0.4) is 0 Å². The van der Waals surface area contributed by atoms with Gasteiger partial charge in [-0.1, -0.05) is 6.92 Å². The van der Waals surface area contributed by atoms with Crippen LogP contribution in [0.4, 0.5) is 17.5 Å². The molecule has 0 saturated carbocycles. The number of aryl methyl sites for hydroxylation is 1. The third-order valence-electron chi connectivity index (χ3n) is 4.24. The Labute approximate surface area is 144 Å². The number of piperidine rings is 1. The van der Waals surface area contributed by atoms with Crippen LogP contribution in [0.5, 0.6) is 5.75 Å². The van der Waals surface area contributed by atoms with Crippen molar-refractivity contribution in [1.82, 2.24) is 9.97 Å². The fourth-order valence-electron chi connectivity index (χ4n) is 3.10. The third-order valence-corrected chi connectivity index (χ3v) is 4.24. The fraction of sp³-hybridized carbons (Fsp3) is 0.474. The Hall–Kier alpha value is -2.30. The van der Waals surface area contributed by atoms with E-state index >= 15 is 0 Å². The number of nitrogens with zero attached hydrogens (tertiary/aromatic N) is 3. The van der Waals surface area contributed by atoms with Gasteiger partial charge in [0.25, 0.3) is 0 Å². The van der Waals surface area contributed by atoms with Crippen molar-refractivity contribution in [1.29, 1.82) is 0 Å². The summed E-state index contributed by atoms with van der Waals surface area (Å²) < 4.78 is 5.47. The molecule has 3 rings (SSSR count). The number of benzene rings is 1. The summed E-state index contributed by atoms with van der Waals surface area (Å²) in [6.07, 6.45) is 2.53. The number of aromatic nitrogens is 2. The maximum absolute atomic E-state index is 5.47. The number of hydrogen-bond acceptors (Lipinski definition) is 5. The Balaban J connectivity index is 1.75. The molecule has 5 nitrogen and oxygen atoms in total. The van der Waals surface area contributed by atoms with Crippen molar-refractivity contribution >= 4 is 17.5 Å². The second kappa shape index (κ2) is 7.51. The highest BCUT2D eigenvalue weighted by Gasteiger charge is 2.18. The van der Waals surface area contributed by atoms with Crippen LogP contribution in [0.1, 0.15) is 32.4 Å². The first-order chi connectivity index (χ1) is 11.6. The highest BCUT2D eigenvalue weighted by Crippen LogP contribution is 2.24. The molecular formula is C19H26N4O. The van der Waals surface area contributed by atoms with Crippen molar-refractivity contribution in [2.45, 2.75) is 33.6 Å². The van der Waals surface area contributed by atoms with Crippen molar-refractivity contribution in [3.63, 3.8) is 0 Å². The second-order valence-corrected chi connectivity index (χ2v) is 6.47. The molecule has 1 aromatic carbocycles. The minimum Gasteiger partial charge on any atom is -0.494 e. The van der Waals surface area contributed by atoms with Crippen LogP contribution in [0.15, 0.2) is 30.3 Å². The molecule has 0 amide bonds. The average molecular weight is 326 g/mol. The summed E-state index contributed by atoms with van der Waals surface area (Å²) in [6.45, 7) is 9.12. The van der Waals surface area contributed by atoms with E-state index in [1.807, 2.05) is 38.1 Å². The molecule has 0 aliphatic carbocycles. The van der Waals surface area contributed by atoms with Crippen molar-refractivity contribution in [3.05, 3.63) is 36.0 Å². The van der Waals surface area contributed by atoms with E-state index in [2.05, 4.69) is 28.2 Å². The standard InChI is InChI=1S/C19H26N4O/c1-4-24-17-9-7-16(8-10-17)21-19-20-15(3)12-18(22-19)23-11-5-6-14(2)13-23/h7-10,12,14H,4-6,11,13H2,1-3H3,(H,20,21,22). The maximum atomic E-state index is 5.47. The van der Waals surface area contributed by atoms with Gasteiger partial charge in [-0.2, -0.15) is 4.98 Å². The number of rotatable bonds is 5. The normalized spacial score (nSPS) is 17.6. The highest BCUT2D eigenvalue weighted by atomic mass is 16.5. The van der Waals surface area contributed by atoms with Gasteiger partial charge < -0.3 is 15.0 Å². The first kappa shape index (κ1) is 16.6. The summed E-state index contributed by atoms with van der Waals surface area (Å²) in [6, 6.07) is 9.95. The summed E-state index contributed by atoms with van der Waals surface area (Å²) in [4.78, 5) is 11.6. The van der Waals surface area contributed by atoms with Crippen LogP contribution < -0.4 is 15.0 Å². The van der Waals surface area contributed by atoms with Crippen LogP contribution in [0.2, 0.25) is 0 Å². The molecule has 24 heavy (non-hydrogen) atoms. The van der Waals surface area contributed by atoms with Gasteiger partial charge in [0.1, 0.15) is 11.6 Å². The van der Waals surface area contributed by atoms with Crippen molar-refractivity contribution < 1.29 is 4.74 Å². The largest absolute Gasteiger partial charge is 0.494 e. The number of anilines is 3. The summed E-state index contributed by atoms with van der Waals surface area (Å²) in [5, 5.41) is 3.30. The molecule has 1 saturated heterocycles. The molecule has 2 heterocycles. The van der Waals surface area contributed by atoms with Gasteiger partial charge in [-0.3, -0.25) is 0 Å². The molecule has 0 radical (unpaired) electrons. The fourth-order valence-corrected chi connectivity index (χ4v) is 3.10. The second-order valence-electron chi connectivity index (χ2n) is 6.47. The van der Waals surface area contributed by atoms with E-state index in [1.165, 1.54) is 12.8 Å². The molecule has 0 bridgehead atoms. The van der Waals surface area contributed by atoms with E-state index in [-0.39, 0.29) is 0 Å². The minimum atomic E-state index is 0.646. The van der Waals surface area contributed by atoms with E-state index in [4.69, 9.17) is 9.72 Å². The molecule has 1 aromatic heterocycles. The molecule has 1 fully saturated rings. The number of ether oxygens (including phenoxy) is 1.